The minimum Gasteiger partial charge on any atom is -0.330 e. The molecule has 1 amide bonds. The van der Waals surface area contributed by atoms with E-state index in [9.17, 15) is 14.0 Å². The fourth-order valence-electron chi connectivity index (χ4n) is 3.47. The summed E-state index contributed by atoms with van der Waals surface area (Å²) < 4.78 is 14.3. The Morgan fingerprint density at radius 3 is 2.48 bits per heavy atom. The lowest BCUT2D eigenvalue weighted by Gasteiger charge is -2.25. The first-order valence-corrected chi connectivity index (χ1v) is 8.86. The highest BCUT2D eigenvalue weighted by Crippen LogP contribution is 2.32. The molecule has 2 aromatic carbocycles. The Morgan fingerprint density at radius 2 is 1.74 bits per heavy atom. The summed E-state index contributed by atoms with van der Waals surface area (Å²) in [4.78, 5) is 27.0. The Balaban J connectivity index is 1.67. The van der Waals surface area contributed by atoms with E-state index in [1.165, 1.54) is 36.4 Å². The van der Waals surface area contributed by atoms with Crippen molar-refractivity contribution in [3.05, 3.63) is 94.2 Å². The van der Waals surface area contributed by atoms with Crippen LogP contribution >= 0.6 is 0 Å². The fourth-order valence-corrected chi connectivity index (χ4v) is 3.47. The highest BCUT2D eigenvalue weighted by atomic mass is 19.1. The zero-order valence-electron chi connectivity index (χ0n) is 14.6. The number of nitrogens with zero attached hydrogens (tertiary/aromatic N) is 3. The number of hydrogen-bond acceptors (Lipinski definition) is 3. The van der Waals surface area contributed by atoms with Gasteiger partial charge in [-0.2, -0.15) is 9.78 Å². The van der Waals surface area contributed by atoms with Gasteiger partial charge in [-0.25, -0.2) is 4.39 Å². The van der Waals surface area contributed by atoms with Crippen LogP contribution in [-0.2, 0) is 0 Å². The van der Waals surface area contributed by atoms with Gasteiger partial charge in [0.15, 0.2) is 0 Å². The van der Waals surface area contributed by atoms with Crippen molar-refractivity contribution >= 4 is 5.91 Å². The molecular weight excluding hydrogens is 345 g/mol. The van der Waals surface area contributed by atoms with Gasteiger partial charge in [0.05, 0.1) is 11.7 Å². The molecule has 0 saturated carbocycles. The number of benzene rings is 2. The van der Waals surface area contributed by atoms with Gasteiger partial charge in [0, 0.05) is 12.6 Å². The van der Waals surface area contributed by atoms with Crippen molar-refractivity contribution in [2.24, 2.45) is 0 Å². The van der Waals surface area contributed by atoms with Gasteiger partial charge >= 0.3 is 0 Å². The van der Waals surface area contributed by atoms with Crippen LogP contribution in [0.2, 0.25) is 0 Å². The summed E-state index contributed by atoms with van der Waals surface area (Å²) in [5.74, 6) is -0.612. The summed E-state index contributed by atoms with van der Waals surface area (Å²) in [7, 11) is 0. The van der Waals surface area contributed by atoms with E-state index >= 15 is 0 Å². The van der Waals surface area contributed by atoms with Crippen LogP contribution in [0, 0.1) is 5.82 Å². The average Bonchev–Trinajstić information content (AvgIpc) is 3.19. The topological polar surface area (TPSA) is 55.2 Å². The molecule has 27 heavy (non-hydrogen) atoms. The Hall–Kier alpha value is -3.28. The molecule has 136 valence electrons. The highest BCUT2D eigenvalue weighted by Gasteiger charge is 2.31. The lowest BCUT2D eigenvalue weighted by atomic mass is 10.0. The minimum absolute atomic E-state index is 0.00620. The van der Waals surface area contributed by atoms with Crippen molar-refractivity contribution in [1.29, 1.82) is 0 Å². The van der Waals surface area contributed by atoms with Crippen LogP contribution in [0.1, 0.15) is 34.9 Å². The molecule has 0 radical (unpaired) electrons. The molecule has 4 rings (SSSR count). The molecule has 1 aromatic heterocycles. The van der Waals surface area contributed by atoms with Crippen LogP contribution in [0.5, 0.6) is 0 Å². The van der Waals surface area contributed by atoms with Crippen molar-refractivity contribution in [3.8, 4) is 5.69 Å². The summed E-state index contributed by atoms with van der Waals surface area (Å²) in [6, 6.07) is 18.1. The third kappa shape index (κ3) is 3.38. The van der Waals surface area contributed by atoms with Crippen molar-refractivity contribution in [2.45, 2.75) is 18.9 Å². The first kappa shape index (κ1) is 17.1. The normalized spacial score (nSPS) is 16.5. The van der Waals surface area contributed by atoms with Gasteiger partial charge in [0.2, 0.25) is 0 Å². The average molecular weight is 363 g/mol. The molecule has 1 saturated heterocycles. The molecule has 0 spiro atoms. The lowest BCUT2D eigenvalue weighted by Crippen LogP contribution is -2.33. The van der Waals surface area contributed by atoms with Crippen LogP contribution in [0.25, 0.3) is 5.69 Å². The van der Waals surface area contributed by atoms with E-state index in [-0.39, 0.29) is 23.2 Å². The van der Waals surface area contributed by atoms with E-state index in [4.69, 9.17) is 0 Å². The Morgan fingerprint density at radius 1 is 1.00 bits per heavy atom. The second-order valence-corrected chi connectivity index (χ2v) is 6.51. The maximum absolute atomic E-state index is 13.2. The Kier molecular flexibility index (Phi) is 4.54. The summed E-state index contributed by atoms with van der Waals surface area (Å²) in [6.45, 7) is 0.649. The van der Waals surface area contributed by atoms with Gasteiger partial charge in [-0.15, -0.1) is 0 Å². The number of likely N-dealkylation sites (tertiary alicyclic amines) is 1. The van der Waals surface area contributed by atoms with Crippen LogP contribution in [-0.4, -0.2) is 27.1 Å². The molecule has 1 atom stereocenters. The van der Waals surface area contributed by atoms with E-state index in [2.05, 4.69) is 5.10 Å². The molecule has 0 aliphatic carbocycles. The summed E-state index contributed by atoms with van der Waals surface area (Å²) >= 11 is 0. The molecule has 1 aliphatic rings. The van der Waals surface area contributed by atoms with Crippen molar-refractivity contribution in [3.63, 3.8) is 0 Å². The Labute approximate surface area is 155 Å². The summed E-state index contributed by atoms with van der Waals surface area (Å²) in [5.41, 5.74) is 1.33. The predicted molar refractivity (Wildman–Crippen MR) is 99.2 cm³/mol. The molecule has 1 fully saturated rings. The molecule has 0 N–H and O–H groups in total. The quantitative estimate of drug-likeness (QED) is 0.717. The van der Waals surface area contributed by atoms with E-state index in [0.29, 0.717) is 12.2 Å². The van der Waals surface area contributed by atoms with E-state index < -0.39 is 5.82 Å². The number of amides is 1. The number of aromatic nitrogens is 2. The van der Waals surface area contributed by atoms with Crippen LogP contribution < -0.4 is 5.56 Å². The van der Waals surface area contributed by atoms with Crippen LogP contribution in [0.15, 0.2) is 71.5 Å². The largest absolute Gasteiger partial charge is 0.330 e. The first-order valence-electron chi connectivity index (χ1n) is 8.86. The highest BCUT2D eigenvalue weighted by molar-refractivity contribution is 5.92. The standard InChI is InChI=1S/C21H18FN3O2/c22-16-8-10-17(11-9-16)25-20(26)13-12-18(23-25)21(27)24-14-4-7-19(24)15-5-2-1-3-6-15/h1-3,5-6,8-13,19H,4,7,14H2. The minimum atomic E-state index is -0.401. The first-order chi connectivity index (χ1) is 13.1. The number of rotatable bonds is 3. The summed E-state index contributed by atoms with van der Waals surface area (Å²) in [5, 5.41) is 4.24. The Bertz CT molecular complexity index is 1020. The van der Waals surface area contributed by atoms with Crippen LogP contribution in [0.4, 0.5) is 4.39 Å². The summed E-state index contributed by atoms with van der Waals surface area (Å²) in [6.07, 6.45) is 1.82. The number of carbonyl (C=O) groups is 1. The molecule has 1 unspecified atom stereocenters. The monoisotopic (exact) mass is 363 g/mol. The van der Waals surface area contributed by atoms with Crippen LogP contribution in [0.3, 0.4) is 0 Å². The molecule has 6 heteroatoms. The van der Waals surface area contributed by atoms with Crippen molar-refractivity contribution in [2.75, 3.05) is 6.54 Å². The molecule has 5 nitrogen and oxygen atoms in total. The van der Waals surface area contributed by atoms with Gasteiger partial charge in [-0.1, -0.05) is 30.3 Å². The molecule has 3 aromatic rings. The smallest absolute Gasteiger partial charge is 0.274 e. The molecule has 1 aliphatic heterocycles. The fraction of sp³-hybridized carbons (Fsp3) is 0.190. The third-order valence-electron chi connectivity index (χ3n) is 4.79. The second-order valence-electron chi connectivity index (χ2n) is 6.51. The van der Waals surface area contributed by atoms with Gasteiger partial charge in [-0.05, 0) is 48.7 Å². The second kappa shape index (κ2) is 7.15. The molecule has 2 heterocycles. The van der Waals surface area contributed by atoms with Gasteiger partial charge in [0.1, 0.15) is 11.5 Å². The zero-order chi connectivity index (χ0) is 18.8. The SMILES string of the molecule is O=C(c1ccc(=O)n(-c2ccc(F)cc2)n1)N1CCCC1c1ccccc1. The predicted octanol–water partition coefficient (Wildman–Crippen LogP) is 3.35. The van der Waals surface area contributed by atoms with Crippen molar-refractivity contribution < 1.29 is 9.18 Å². The maximum Gasteiger partial charge on any atom is 0.274 e. The van der Waals surface area contributed by atoms with Gasteiger partial charge in [-0.3, -0.25) is 9.59 Å². The molecular formula is C21H18FN3O2. The van der Waals surface area contributed by atoms with E-state index in [0.717, 1.165) is 23.1 Å². The number of carbonyl (C=O) groups excluding carboxylic acids is 1. The van der Waals surface area contributed by atoms with Gasteiger partial charge < -0.3 is 4.90 Å². The van der Waals surface area contributed by atoms with Gasteiger partial charge in [0.25, 0.3) is 11.5 Å². The lowest BCUT2D eigenvalue weighted by molar-refractivity contribution is 0.0727. The maximum atomic E-state index is 13.2. The van der Waals surface area contributed by atoms with E-state index in [1.807, 2.05) is 30.3 Å². The zero-order valence-corrected chi connectivity index (χ0v) is 14.6. The number of hydrogen-bond donors (Lipinski definition) is 0. The third-order valence-corrected chi connectivity index (χ3v) is 4.79. The van der Waals surface area contributed by atoms with Crippen molar-refractivity contribution in [1.82, 2.24) is 14.7 Å². The molecule has 0 bridgehead atoms. The number of halogens is 1. The van der Waals surface area contributed by atoms with E-state index in [1.54, 1.807) is 4.90 Å².